The summed E-state index contributed by atoms with van der Waals surface area (Å²) in [7, 11) is -2.21. The van der Waals surface area contributed by atoms with Gasteiger partial charge in [0.05, 0.1) is 7.11 Å². The van der Waals surface area contributed by atoms with Crippen LogP contribution in [0.4, 0.5) is 0 Å². The fraction of sp³-hybridized carbons (Fsp3) is 0.250. The highest BCUT2D eigenvalue weighted by Crippen LogP contribution is 2.20. The van der Waals surface area contributed by atoms with E-state index in [0.717, 1.165) is 22.1 Å². The Morgan fingerprint density at radius 3 is 2.41 bits per heavy atom. The lowest BCUT2D eigenvalue weighted by Crippen LogP contribution is -2.29. The average molecular weight is 389 g/mol. The van der Waals surface area contributed by atoms with Crippen molar-refractivity contribution in [2.24, 2.45) is 0 Å². The first-order chi connectivity index (χ1) is 12.8. The van der Waals surface area contributed by atoms with Gasteiger partial charge in [-0.15, -0.1) is 0 Å². The molecule has 0 aromatic heterocycles. The van der Waals surface area contributed by atoms with Crippen LogP contribution in [0.3, 0.4) is 0 Å². The Morgan fingerprint density at radius 2 is 1.74 bits per heavy atom. The standard InChI is InChI=1S/C20H23NO5S/c1-15-4-7-17(8-5-15)10-11-27(23,24)21-13-20(22)26-14-18-12-16(2)6-9-19(18)25-3/h4-12,21H,13-14H2,1-3H3/b11-10+. The number of sulfonamides is 1. The maximum atomic E-state index is 12.0. The summed E-state index contributed by atoms with van der Waals surface area (Å²) in [6.07, 6.45) is 1.46. The molecule has 0 aliphatic carbocycles. The predicted molar refractivity (Wildman–Crippen MR) is 105 cm³/mol. The van der Waals surface area contributed by atoms with Gasteiger partial charge in [-0.2, -0.15) is 0 Å². The number of rotatable bonds is 8. The lowest BCUT2D eigenvalue weighted by atomic mass is 10.1. The van der Waals surface area contributed by atoms with E-state index < -0.39 is 22.5 Å². The number of hydrogen-bond donors (Lipinski definition) is 1. The molecule has 0 unspecified atom stereocenters. The van der Waals surface area contributed by atoms with Crippen LogP contribution in [0.1, 0.15) is 22.3 Å². The number of aryl methyl sites for hydroxylation is 2. The van der Waals surface area contributed by atoms with Gasteiger partial charge in [-0.3, -0.25) is 4.79 Å². The Kier molecular flexibility index (Phi) is 7.15. The van der Waals surface area contributed by atoms with E-state index in [1.807, 2.05) is 50.2 Å². The third kappa shape index (κ3) is 6.88. The molecule has 0 bridgehead atoms. The SMILES string of the molecule is COc1ccc(C)cc1COC(=O)CNS(=O)(=O)/C=C/c1ccc(C)cc1. The van der Waals surface area contributed by atoms with Gasteiger partial charge >= 0.3 is 5.97 Å². The Balaban J connectivity index is 1.87. The van der Waals surface area contributed by atoms with E-state index in [9.17, 15) is 13.2 Å². The van der Waals surface area contributed by atoms with Crippen molar-refractivity contribution >= 4 is 22.1 Å². The van der Waals surface area contributed by atoms with Gasteiger partial charge in [-0.1, -0.05) is 41.5 Å². The first kappa shape index (κ1) is 20.7. The molecule has 6 nitrogen and oxygen atoms in total. The highest BCUT2D eigenvalue weighted by Gasteiger charge is 2.11. The van der Waals surface area contributed by atoms with E-state index in [2.05, 4.69) is 4.72 Å². The summed E-state index contributed by atoms with van der Waals surface area (Å²) in [5.41, 5.74) is 3.55. The molecule has 2 aromatic carbocycles. The van der Waals surface area contributed by atoms with Crippen molar-refractivity contribution in [3.63, 3.8) is 0 Å². The Bertz CT molecular complexity index is 918. The molecule has 27 heavy (non-hydrogen) atoms. The van der Waals surface area contributed by atoms with Gasteiger partial charge in [0.15, 0.2) is 0 Å². The van der Waals surface area contributed by atoms with Crippen LogP contribution in [0.25, 0.3) is 6.08 Å². The zero-order chi connectivity index (χ0) is 19.9. The monoisotopic (exact) mass is 389 g/mol. The zero-order valence-corrected chi connectivity index (χ0v) is 16.4. The van der Waals surface area contributed by atoms with Crippen LogP contribution in [0, 0.1) is 13.8 Å². The van der Waals surface area contributed by atoms with Crippen LogP contribution in [-0.4, -0.2) is 28.0 Å². The highest BCUT2D eigenvalue weighted by molar-refractivity contribution is 7.92. The number of benzene rings is 2. The smallest absolute Gasteiger partial charge is 0.321 e. The largest absolute Gasteiger partial charge is 0.496 e. The van der Waals surface area contributed by atoms with Gasteiger partial charge in [-0.25, -0.2) is 13.1 Å². The summed E-state index contributed by atoms with van der Waals surface area (Å²) >= 11 is 0. The quantitative estimate of drug-likeness (QED) is 0.702. The second-order valence-electron chi connectivity index (χ2n) is 6.06. The summed E-state index contributed by atoms with van der Waals surface area (Å²) in [5.74, 6) is -0.0686. The summed E-state index contributed by atoms with van der Waals surface area (Å²) in [4.78, 5) is 11.8. The molecule has 1 N–H and O–H groups in total. The van der Waals surface area contributed by atoms with E-state index in [1.165, 1.54) is 13.2 Å². The molecule has 2 aromatic rings. The molecule has 0 saturated carbocycles. The first-order valence-corrected chi connectivity index (χ1v) is 9.87. The Hall–Kier alpha value is -2.64. The number of esters is 1. The average Bonchev–Trinajstić information content (AvgIpc) is 2.64. The molecule has 0 saturated heterocycles. The molecule has 0 amide bonds. The minimum Gasteiger partial charge on any atom is -0.496 e. The second-order valence-corrected chi connectivity index (χ2v) is 7.71. The van der Waals surface area contributed by atoms with Gasteiger partial charge in [0, 0.05) is 11.0 Å². The normalized spacial score (nSPS) is 11.5. The van der Waals surface area contributed by atoms with E-state index in [4.69, 9.17) is 9.47 Å². The molecule has 0 aliphatic heterocycles. The minimum atomic E-state index is -3.74. The van der Waals surface area contributed by atoms with Crippen molar-refractivity contribution in [2.75, 3.05) is 13.7 Å². The fourth-order valence-electron chi connectivity index (χ4n) is 2.28. The number of carbonyl (C=O) groups excluding carboxylic acids is 1. The van der Waals surface area contributed by atoms with Crippen molar-refractivity contribution in [3.8, 4) is 5.75 Å². The molecule has 144 valence electrons. The van der Waals surface area contributed by atoms with E-state index in [-0.39, 0.29) is 6.61 Å². The van der Waals surface area contributed by atoms with Gasteiger partial charge in [-0.05, 0) is 37.6 Å². The third-order valence-electron chi connectivity index (χ3n) is 3.76. The van der Waals surface area contributed by atoms with Crippen molar-refractivity contribution < 1.29 is 22.7 Å². The molecule has 0 aliphatic rings. The molecule has 0 spiro atoms. The van der Waals surface area contributed by atoms with Crippen LogP contribution in [0.15, 0.2) is 47.9 Å². The molecule has 2 rings (SSSR count). The molecule has 7 heteroatoms. The Labute approximate surface area is 159 Å². The molecule has 0 heterocycles. The van der Waals surface area contributed by atoms with Gasteiger partial charge in [0.1, 0.15) is 18.9 Å². The van der Waals surface area contributed by atoms with E-state index in [0.29, 0.717) is 11.3 Å². The predicted octanol–water partition coefficient (Wildman–Crippen LogP) is 2.95. The summed E-state index contributed by atoms with van der Waals surface area (Å²) < 4.78 is 36.5. The minimum absolute atomic E-state index is 0.00458. The first-order valence-electron chi connectivity index (χ1n) is 8.32. The van der Waals surface area contributed by atoms with Crippen LogP contribution in [-0.2, 0) is 26.2 Å². The number of ether oxygens (including phenoxy) is 2. The maximum absolute atomic E-state index is 12.0. The Morgan fingerprint density at radius 1 is 1.07 bits per heavy atom. The van der Waals surface area contributed by atoms with Crippen molar-refractivity contribution in [1.82, 2.24) is 4.72 Å². The van der Waals surface area contributed by atoms with Crippen molar-refractivity contribution in [1.29, 1.82) is 0 Å². The van der Waals surface area contributed by atoms with Crippen LogP contribution >= 0.6 is 0 Å². The summed E-state index contributed by atoms with van der Waals surface area (Å²) in [6.45, 7) is 3.42. The van der Waals surface area contributed by atoms with Gasteiger partial charge in [0.2, 0.25) is 10.0 Å². The van der Waals surface area contributed by atoms with Crippen LogP contribution < -0.4 is 9.46 Å². The third-order valence-corrected chi connectivity index (χ3v) is 4.80. The molecule has 0 atom stereocenters. The van der Waals surface area contributed by atoms with E-state index >= 15 is 0 Å². The molecule has 0 radical (unpaired) electrons. The topological polar surface area (TPSA) is 81.7 Å². The summed E-state index contributed by atoms with van der Waals surface area (Å²) in [6, 6.07) is 12.9. The summed E-state index contributed by atoms with van der Waals surface area (Å²) in [5, 5.41) is 1.02. The number of methoxy groups -OCH3 is 1. The lowest BCUT2D eigenvalue weighted by molar-refractivity contribution is -0.143. The van der Waals surface area contributed by atoms with Crippen LogP contribution in [0.5, 0.6) is 5.75 Å². The molecular formula is C20H23NO5S. The van der Waals surface area contributed by atoms with Crippen LogP contribution in [0.2, 0.25) is 0 Å². The molecular weight excluding hydrogens is 366 g/mol. The van der Waals surface area contributed by atoms with Gasteiger partial charge < -0.3 is 9.47 Å². The number of hydrogen-bond acceptors (Lipinski definition) is 5. The van der Waals surface area contributed by atoms with Crippen molar-refractivity contribution in [3.05, 3.63) is 70.1 Å². The number of carbonyl (C=O) groups is 1. The zero-order valence-electron chi connectivity index (χ0n) is 15.6. The lowest BCUT2D eigenvalue weighted by Gasteiger charge is -2.10. The maximum Gasteiger partial charge on any atom is 0.321 e. The van der Waals surface area contributed by atoms with Crippen molar-refractivity contribution in [2.45, 2.75) is 20.5 Å². The molecule has 0 fully saturated rings. The van der Waals surface area contributed by atoms with Gasteiger partial charge in [0.25, 0.3) is 0 Å². The fourth-order valence-corrected chi connectivity index (χ4v) is 3.03. The number of nitrogens with one attached hydrogen (secondary N) is 1. The highest BCUT2D eigenvalue weighted by atomic mass is 32.2. The van der Waals surface area contributed by atoms with E-state index in [1.54, 1.807) is 6.07 Å². The second kappa shape index (κ2) is 9.34.